The van der Waals surface area contributed by atoms with Crippen LogP contribution in [-0.4, -0.2) is 23.2 Å². The topological polar surface area (TPSA) is 40.2 Å². The van der Waals surface area contributed by atoms with Gasteiger partial charge in [0.05, 0.1) is 11.9 Å². The first-order valence-corrected chi connectivity index (χ1v) is 9.78. The Bertz CT molecular complexity index is 722. The molecule has 1 aromatic heterocycles. The van der Waals surface area contributed by atoms with Gasteiger partial charge in [0.15, 0.2) is 5.11 Å². The van der Waals surface area contributed by atoms with E-state index in [-0.39, 0.29) is 0 Å². The summed E-state index contributed by atoms with van der Waals surface area (Å²) < 4.78 is 0. The van der Waals surface area contributed by atoms with Gasteiger partial charge in [0.1, 0.15) is 5.82 Å². The number of nitrogens with zero attached hydrogens (tertiary/aromatic N) is 2. The molecule has 4 nitrogen and oxygen atoms in total. The molecular formula is C20H25ClN4S. The van der Waals surface area contributed by atoms with E-state index in [1.807, 2.05) is 36.5 Å². The van der Waals surface area contributed by atoms with Crippen LogP contribution in [-0.2, 0) is 6.54 Å². The third kappa shape index (κ3) is 5.32. The Balaban J connectivity index is 1.52. The van der Waals surface area contributed by atoms with Crippen LogP contribution >= 0.6 is 23.8 Å². The predicted molar refractivity (Wildman–Crippen MR) is 114 cm³/mol. The van der Waals surface area contributed by atoms with Crippen molar-refractivity contribution in [1.29, 1.82) is 0 Å². The molecule has 2 heterocycles. The van der Waals surface area contributed by atoms with E-state index in [2.05, 4.69) is 40.4 Å². The normalized spacial score (nSPS) is 19.9. The maximum Gasteiger partial charge on any atom is 0.171 e. The van der Waals surface area contributed by atoms with Crippen LogP contribution in [0.25, 0.3) is 0 Å². The maximum atomic E-state index is 5.90. The lowest BCUT2D eigenvalue weighted by atomic mass is 9.92. The van der Waals surface area contributed by atoms with E-state index in [1.54, 1.807) is 0 Å². The predicted octanol–water partition coefficient (Wildman–Crippen LogP) is 4.70. The van der Waals surface area contributed by atoms with Gasteiger partial charge in [-0.2, -0.15) is 0 Å². The molecule has 26 heavy (non-hydrogen) atoms. The van der Waals surface area contributed by atoms with Gasteiger partial charge in [-0.15, -0.1) is 0 Å². The lowest BCUT2D eigenvalue weighted by molar-refractivity contribution is 0.355. The number of hydrogen-bond donors (Lipinski definition) is 2. The molecule has 1 saturated heterocycles. The fraction of sp³-hybridized carbons (Fsp3) is 0.400. The Morgan fingerprint density at radius 1 is 1.15 bits per heavy atom. The third-order valence-corrected chi connectivity index (χ3v) is 5.06. The number of halogens is 1. The molecule has 3 rings (SSSR count). The molecule has 0 amide bonds. The standard InChI is InChI=1S/C20H25ClN4S/c1-14-9-15(2)13-25(12-14)19-8-7-18(11-22-19)24-20(26)23-10-16-3-5-17(21)6-4-16/h3-8,11,14-15H,9-10,12-13H2,1-2H3,(H2,23,24,26)/t14-,15+. The molecule has 6 heteroatoms. The van der Waals surface area contributed by atoms with Crippen LogP contribution in [0, 0.1) is 11.8 Å². The smallest absolute Gasteiger partial charge is 0.171 e. The number of thiocarbonyl (C=S) groups is 1. The molecule has 2 N–H and O–H groups in total. The summed E-state index contributed by atoms with van der Waals surface area (Å²) in [7, 11) is 0. The number of nitrogens with one attached hydrogen (secondary N) is 2. The molecule has 1 fully saturated rings. The lowest BCUT2D eigenvalue weighted by Gasteiger charge is -2.35. The quantitative estimate of drug-likeness (QED) is 0.742. The van der Waals surface area contributed by atoms with E-state index in [4.69, 9.17) is 23.8 Å². The zero-order valence-electron chi connectivity index (χ0n) is 15.2. The molecule has 0 aliphatic carbocycles. The van der Waals surface area contributed by atoms with E-state index in [1.165, 1.54) is 6.42 Å². The van der Waals surface area contributed by atoms with Gasteiger partial charge in [-0.1, -0.05) is 37.6 Å². The number of rotatable bonds is 4. The molecule has 0 radical (unpaired) electrons. The fourth-order valence-electron chi connectivity index (χ4n) is 3.46. The van der Waals surface area contributed by atoms with Gasteiger partial charge in [0.25, 0.3) is 0 Å². The van der Waals surface area contributed by atoms with Crippen molar-refractivity contribution < 1.29 is 0 Å². The van der Waals surface area contributed by atoms with Crippen LogP contribution in [0.3, 0.4) is 0 Å². The average Bonchev–Trinajstić information content (AvgIpc) is 2.61. The molecule has 2 aromatic rings. The van der Waals surface area contributed by atoms with Gasteiger partial charge in [-0.25, -0.2) is 4.98 Å². The number of pyridine rings is 1. The van der Waals surface area contributed by atoms with Gasteiger partial charge >= 0.3 is 0 Å². The van der Waals surface area contributed by atoms with Gasteiger partial charge in [0, 0.05) is 24.7 Å². The summed E-state index contributed by atoms with van der Waals surface area (Å²) in [5.74, 6) is 2.46. The molecule has 138 valence electrons. The number of hydrogen-bond acceptors (Lipinski definition) is 3. The van der Waals surface area contributed by atoms with Crippen LogP contribution in [0.2, 0.25) is 5.02 Å². The molecular weight excluding hydrogens is 364 g/mol. The first kappa shape index (κ1) is 18.9. The minimum absolute atomic E-state index is 0.578. The van der Waals surface area contributed by atoms with Crippen molar-refractivity contribution >= 4 is 40.4 Å². The lowest BCUT2D eigenvalue weighted by Crippen LogP contribution is -2.39. The average molecular weight is 389 g/mol. The minimum atomic E-state index is 0.578. The molecule has 1 aliphatic heterocycles. The van der Waals surface area contributed by atoms with Gasteiger partial charge in [-0.3, -0.25) is 0 Å². The highest BCUT2D eigenvalue weighted by Crippen LogP contribution is 2.25. The van der Waals surface area contributed by atoms with E-state index >= 15 is 0 Å². The Hall–Kier alpha value is -1.85. The first-order chi connectivity index (χ1) is 12.5. The Kier molecular flexibility index (Phi) is 6.33. The van der Waals surface area contributed by atoms with Gasteiger partial charge < -0.3 is 15.5 Å². The third-order valence-electron chi connectivity index (χ3n) is 4.56. The second kappa shape index (κ2) is 8.69. The highest BCUT2D eigenvalue weighted by atomic mass is 35.5. The highest BCUT2D eigenvalue weighted by Gasteiger charge is 2.22. The SMILES string of the molecule is C[C@@H]1C[C@H](C)CN(c2ccc(NC(=S)NCc3ccc(Cl)cc3)cn2)C1. The van der Waals surface area contributed by atoms with E-state index in [0.717, 1.165) is 35.2 Å². The van der Waals surface area contributed by atoms with Crippen LogP contribution in [0.15, 0.2) is 42.6 Å². The zero-order valence-corrected chi connectivity index (χ0v) is 16.8. The number of piperidine rings is 1. The summed E-state index contributed by atoms with van der Waals surface area (Å²) in [6.07, 6.45) is 3.14. The maximum absolute atomic E-state index is 5.90. The van der Waals surface area contributed by atoms with Crippen molar-refractivity contribution in [2.45, 2.75) is 26.8 Å². The van der Waals surface area contributed by atoms with Crippen molar-refractivity contribution in [2.24, 2.45) is 11.8 Å². The molecule has 1 aromatic carbocycles. The van der Waals surface area contributed by atoms with E-state index < -0.39 is 0 Å². The molecule has 0 bridgehead atoms. The summed E-state index contributed by atoms with van der Waals surface area (Å²) in [5, 5.41) is 7.69. The fourth-order valence-corrected chi connectivity index (χ4v) is 3.77. The van der Waals surface area contributed by atoms with Crippen LogP contribution < -0.4 is 15.5 Å². The Morgan fingerprint density at radius 3 is 2.46 bits per heavy atom. The van der Waals surface area contributed by atoms with E-state index in [0.29, 0.717) is 23.5 Å². The van der Waals surface area contributed by atoms with Crippen LogP contribution in [0.4, 0.5) is 11.5 Å². The summed E-state index contributed by atoms with van der Waals surface area (Å²) in [4.78, 5) is 6.99. The van der Waals surface area contributed by atoms with Crippen LogP contribution in [0.5, 0.6) is 0 Å². The number of benzene rings is 1. The highest BCUT2D eigenvalue weighted by molar-refractivity contribution is 7.80. The Morgan fingerprint density at radius 2 is 1.85 bits per heavy atom. The van der Waals surface area contributed by atoms with Crippen molar-refractivity contribution in [3.63, 3.8) is 0 Å². The van der Waals surface area contributed by atoms with E-state index in [9.17, 15) is 0 Å². The van der Waals surface area contributed by atoms with Crippen LogP contribution in [0.1, 0.15) is 25.8 Å². The van der Waals surface area contributed by atoms with Crippen molar-refractivity contribution in [3.05, 3.63) is 53.2 Å². The summed E-state index contributed by atoms with van der Waals surface area (Å²) in [6, 6.07) is 11.8. The largest absolute Gasteiger partial charge is 0.358 e. The second-order valence-electron chi connectivity index (χ2n) is 7.19. The zero-order chi connectivity index (χ0) is 18.5. The summed E-state index contributed by atoms with van der Waals surface area (Å²) >= 11 is 11.3. The molecule has 2 atom stereocenters. The molecule has 0 unspecified atom stereocenters. The van der Waals surface area contributed by atoms with Gasteiger partial charge in [0.2, 0.25) is 0 Å². The molecule has 0 spiro atoms. The first-order valence-electron chi connectivity index (χ1n) is 9.00. The van der Waals surface area contributed by atoms with Crippen molar-refractivity contribution in [2.75, 3.05) is 23.3 Å². The van der Waals surface area contributed by atoms with Crippen molar-refractivity contribution in [3.8, 4) is 0 Å². The second-order valence-corrected chi connectivity index (χ2v) is 8.03. The Labute approximate surface area is 166 Å². The summed E-state index contributed by atoms with van der Waals surface area (Å²) in [6.45, 7) is 7.42. The number of aromatic nitrogens is 1. The summed E-state index contributed by atoms with van der Waals surface area (Å²) in [5.41, 5.74) is 2.01. The van der Waals surface area contributed by atoms with Gasteiger partial charge in [-0.05, 0) is 60.3 Å². The van der Waals surface area contributed by atoms with Crippen molar-refractivity contribution in [1.82, 2.24) is 10.3 Å². The minimum Gasteiger partial charge on any atom is -0.358 e. The molecule has 0 saturated carbocycles. The number of anilines is 2. The molecule has 1 aliphatic rings. The monoisotopic (exact) mass is 388 g/mol.